The van der Waals surface area contributed by atoms with Gasteiger partial charge in [0, 0.05) is 145 Å². The van der Waals surface area contributed by atoms with Crippen LogP contribution in [0.3, 0.4) is 0 Å². The van der Waals surface area contributed by atoms with Gasteiger partial charge in [-0.15, -0.1) is 0 Å². The van der Waals surface area contributed by atoms with Gasteiger partial charge in [-0.1, -0.05) is 115 Å². The zero-order valence-corrected chi connectivity index (χ0v) is 85.7. The molecule has 37 heteroatoms. The van der Waals surface area contributed by atoms with Crippen molar-refractivity contribution in [3.05, 3.63) is 186 Å². The van der Waals surface area contributed by atoms with E-state index in [1.807, 2.05) is 126 Å². The van der Waals surface area contributed by atoms with Crippen LogP contribution in [0.25, 0.3) is 56.4 Å². The first-order valence-electron chi connectivity index (χ1n) is 48.5. The highest BCUT2D eigenvalue weighted by Gasteiger charge is 2.48. The van der Waals surface area contributed by atoms with E-state index in [1.165, 1.54) is 12.1 Å². The third kappa shape index (κ3) is 21.6. The van der Waals surface area contributed by atoms with Crippen LogP contribution in [0.2, 0.25) is 15.1 Å². The lowest BCUT2D eigenvalue weighted by molar-refractivity contribution is -0.147. The van der Waals surface area contributed by atoms with E-state index in [1.54, 1.807) is 96.2 Å². The maximum atomic E-state index is 13.9. The molecule has 3 aromatic carbocycles. The molecule has 4 N–H and O–H groups in total. The molecule has 0 spiro atoms. The Bertz CT molecular complexity index is 6540. The first-order chi connectivity index (χ1) is 66.2. The normalized spacial score (nSPS) is 20.1. The maximum absolute atomic E-state index is 13.9. The summed E-state index contributed by atoms with van der Waals surface area (Å²) < 4.78 is 47.9. The van der Waals surface area contributed by atoms with Crippen molar-refractivity contribution in [3.63, 3.8) is 0 Å². The van der Waals surface area contributed by atoms with E-state index in [2.05, 4.69) is 79.2 Å². The fourth-order valence-corrected chi connectivity index (χ4v) is 20.3. The number of nitrogens with one attached hydrogen (secondary N) is 2. The molecular formula is C104H126Cl3F3N20O11. The monoisotopic (exact) mass is 1990 g/mol. The average molecular weight is 2000 g/mol. The minimum atomic E-state index is -2.62. The van der Waals surface area contributed by atoms with Crippen LogP contribution in [0, 0.1) is 37.4 Å². The van der Waals surface area contributed by atoms with Crippen LogP contribution >= 0.6 is 34.8 Å². The number of amides is 8. The summed E-state index contributed by atoms with van der Waals surface area (Å²) in [5, 5.41) is 44.7. The van der Waals surface area contributed by atoms with Crippen LogP contribution in [0.5, 0.6) is 0 Å². The number of rotatable bonds is 14. The Balaban J connectivity index is 0.000000143. The number of hydrogen-bond acceptors (Lipinski definition) is 18. The van der Waals surface area contributed by atoms with Gasteiger partial charge in [0.25, 0.3) is 23.6 Å². The van der Waals surface area contributed by atoms with Crippen molar-refractivity contribution < 1.29 is 66.5 Å². The predicted octanol–water partition coefficient (Wildman–Crippen LogP) is 17.1. The minimum Gasteiger partial charge on any atom is -0.481 e. The Morgan fingerprint density at radius 3 is 1.23 bits per heavy atom. The highest BCUT2D eigenvalue weighted by atomic mass is 35.5. The second-order valence-corrected chi connectivity index (χ2v) is 43.9. The summed E-state index contributed by atoms with van der Waals surface area (Å²) in [6, 6.07) is 24.0. The van der Waals surface area contributed by atoms with E-state index in [4.69, 9.17) is 55.1 Å². The van der Waals surface area contributed by atoms with Gasteiger partial charge in [-0.2, -0.15) is 20.4 Å². The number of carboxylic acid groups (broad SMARTS) is 1. The molecule has 8 aromatic heterocycles. The summed E-state index contributed by atoms with van der Waals surface area (Å²) >= 11 is 18.5. The molecule has 31 nitrogen and oxygen atoms in total. The molecule has 750 valence electrons. The highest BCUT2D eigenvalue weighted by Crippen LogP contribution is 2.44. The molecule has 8 amide bonds. The quantitative estimate of drug-likeness (QED) is 0.0785. The van der Waals surface area contributed by atoms with Gasteiger partial charge in [-0.05, 0) is 216 Å². The van der Waals surface area contributed by atoms with Crippen LogP contribution in [-0.2, 0) is 29.4 Å². The largest absolute Gasteiger partial charge is 0.481 e. The molecule has 0 atom stereocenters. The van der Waals surface area contributed by atoms with Gasteiger partial charge in [-0.25, -0.2) is 51.2 Å². The molecule has 0 bridgehead atoms. The number of imidazole rings is 4. The Labute approximate surface area is 833 Å². The maximum Gasteiger partial charge on any atom is 0.306 e. The zero-order valence-electron chi connectivity index (χ0n) is 83.5. The number of benzene rings is 3. The van der Waals surface area contributed by atoms with Crippen molar-refractivity contribution in [1.29, 1.82) is 0 Å². The zero-order chi connectivity index (χ0) is 102. The molecule has 0 unspecified atom stereocenters. The summed E-state index contributed by atoms with van der Waals surface area (Å²) in [5.41, 5.74) is 11.3. The highest BCUT2D eigenvalue weighted by molar-refractivity contribution is 6.32. The Morgan fingerprint density at radius 1 is 0.454 bits per heavy atom. The number of fused-ring (bicyclic) bond motifs is 4. The lowest BCUT2D eigenvalue weighted by Gasteiger charge is -2.48. The van der Waals surface area contributed by atoms with Crippen molar-refractivity contribution >= 4 is 111 Å². The molecule has 11 aromatic rings. The van der Waals surface area contributed by atoms with Gasteiger partial charge in [0.05, 0.1) is 75.7 Å². The molecule has 141 heavy (non-hydrogen) atoms. The number of nitrogens with zero attached hydrogens (tertiary/aromatic N) is 18. The number of carbonyl (C=O) groups excluding carboxylic acids is 8. The van der Waals surface area contributed by atoms with Gasteiger partial charge in [0.15, 0.2) is 22.6 Å². The predicted molar refractivity (Wildman–Crippen MR) is 531 cm³/mol. The van der Waals surface area contributed by atoms with Gasteiger partial charge >= 0.3 is 5.97 Å². The van der Waals surface area contributed by atoms with Crippen LogP contribution < -0.4 is 10.6 Å². The molecule has 7 fully saturated rings. The third-order valence-corrected chi connectivity index (χ3v) is 29.7. The summed E-state index contributed by atoms with van der Waals surface area (Å²) in [6.45, 7) is 41.4. The molecule has 3 saturated carbocycles. The molecular weight excluding hydrogens is 1870 g/mol. The van der Waals surface area contributed by atoms with Crippen molar-refractivity contribution in [2.45, 2.75) is 259 Å². The third-order valence-electron chi connectivity index (χ3n) is 28.6. The second kappa shape index (κ2) is 40.1. The second-order valence-electron chi connectivity index (χ2n) is 42.7. The number of aliphatic carboxylic acids is 1. The number of aliphatic hydroxyl groups excluding tert-OH is 1. The lowest BCUT2D eigenvalue weighted by Crippen LogP contribution is -2.63. The van der Waals surface area contributed by atoms with E-state index in [0.29, 0.717) is 161 Å². The number of aromatic nitrogens is 12. The van der Waals surface area contributed by atoms with Crippen molar-refractivity contribution in [1.82, 2.24) is 98.4 Å². The number of piperazine rings is 4. The number of carbonyl (C=O) groups is 9. The van der Waals surface area contributed by atoms with E-state index >= 15 is 0 Å². The lowest BCUT2D eigenvalue weighted by atomic mass is 9.81. The number of hydrogen-bond donors (Lipinski definition) is 4. The standard InChI is InChI=1S/C31H43F2N5O4.C27H31ClFN5O3.2C23H26ClN5O2/c1-29(2,3)22-16-23(19-10-12-31(32,33)13-11-19)35-38-17-24(34-25(22)38)27(40)37-15-14-36(18-30(37,4)5)26(39)20-6-8-21(9-7-20)28(41)42;1-15(2)19-12-22(16-5-6-21(29)20(28)11-16)31-34-13-23(30-24(19)34)26(37)33-8-7-32(14-27(33,3)4)25(36)17-9-18(35)10-17;1-13(2)16-11-18(15-6-7-17(24)14(3)10-15)27-29-12-19(26-20(16)29)21(30)28-9-8-25-22(31)23(28,4)5;1-13(2)16-11-18(15-7-6-14(3)17(24)10-15)27-29-12-19(26-20(16)29)21(30)28-9-8-25-22(31)23(28,4)5/h16-17,19-21H,6-15,18H2,1-5H3,(H,41,42);5-6,11-13,15,17-18,35H,7-10,14H2,1-4H3;2*6-7,10-13H,8-9H2,1-5H3,(H,25,31). The Kier molecular flexibility index (Phi) is 29.4. The summed E-state index contributed by atoms with van der Waals surface area (Å²) in [7, 11) is 0. The van der Waals surface area contributed by atoms with Gasteiger partial charge in [-0.3, -0.25) is 43.2 Å². The smallest absolute Gasteiger partial charge is 0.306 e. The van der Waals surface area contributed by atoms with Crippen LogP contribution in [0.4, 0.5) is 13.2 Å². The minimum absolute atomic E-state index is 0.0142. The fraction of sp³-hybridized carbons (Fsp3) is 0.510. The van der Waals surface area contributed by atoms with Crippen LogP contribution in [0.15, 0.2) is 104 Å². The van der Waals surface area contributed by atoms with E-state index in [-0.39, 0.29) is 141 Å². The number of aliphatic hydroxyl groups is 1. The van der Waals surface area contributed by atoms with Gasteiger partial charge in [0.1, 0.15) is 39.7 Å². The number of alkyl halides is 2. The molecule has 4 saturated heterocycles. The fourth-order valence-electron chi connectivity index (χ4n) is 19.8. The van der Waals surface area contributed by atoms with Gasteiger partial charge in [0.2, 0.25) is 29.6 Å². The van der Waals surface area contributed by atoms with Crippen molar-refractivity contribution in [2.75, 3.05) is 65.4 Å². The first-order valence-corrected chi connectivity index (χ1v) is 49.6. The van der Waals surface area contributed by atoms with Crippen LogP contribution in [-0.4, -0.2) is 251 Å². The topological polar surface area (TPSA) is 358 Å². The molecule has 18 rings (SSSR count). The SMILES string of the molecule is CC(C)(C)c1cc(C2CCC(F)(F)CC2)nn2cc(C(=O)N3CCN(C(=O)C4CCC(C(=O)O)CC4)CC3(C)C)nc12.CC(C)c1cc(-c2ccc(F)c(Cl)c2)nn2cc(C(=O)N3CCN(C(=O)C4CC(O)C4)CC3(C)C)nc12.Cc1cc(-c2cc(C(C)C)c3nc(C(=O)N4CCNC(=O)C4(C)C)cn3n2)ccc1Cl.Cc1ccc(-c2cc(C(C)C)c3nc(C(=O)N4CCNC(=O)C4(C)C)cn3n2)cc1Cl. The number of halogens is 6. The molecule has 0 radical (unpaired) electrons. The first kappa shape index (κ1) is 103. The van der Waals surface area contributed by atoms with E-state index < -0.39 is 39.9 Å². The summed E-state index contributed by atoms with van der Waals surface area (Å²) in [4.78, 5) is 145. The van der Waals surface area contributed by atoms with Crippen LogP contribution in [0.1, 0.15) is 287 Å². The summed E-state index contributed by atoms with van der Waals surface area (Å²) in [5.74, 6) is -5.46. The number of carboxylic acids is 1. The average Bonchev–Trinajstić information content (AvgIpc) is 1.66. The molecule has 4 aliphatic heterocycles. The van der Waals surface area contributed by atoms with E-state index in [9.17, 15) is 66.5 Å². The Morgan fingerprint density at radius 2 is 0.837 bits per heavy atom. The number of aryl methyl sites for hydroxylation is 2. The van der Waals surface area contributed by atoms with Crippen molar-refractivity contribution in [3.8, 4) is 33.8 Å². The van der Waals surface area contributed by atoms with Crippen molar-refractivity contribution in [2.24, 2.45) is 17.8 Å². The molecule has 12 heterocycles. The molecule has 3 aliphatic carbocycles. The summed E-state index contributed by atoms with van der Waals surface area (Å²) in [6.07, 6.45) is 9.82. The van der Waals surface area contributed by atoms with Gasteiger partial charge < -0.3 is 50.2 Å². The molecule has 7 aliphatic rings. The van der Waals surface area contributed by atoms with E-state index in [0.717, 1.165) is 61.6 Å². The Hall–Kier alpha value is -12.0.